The van der Waals surface area contributed by atoms with Crippen molar-refractivity contribution in [2.24, 2.45) is 0 Å². The minimum absolute atomic E-state index is 0.520. The Labute approximate surface area is 132 Å². The normalized spacial score (nSPS) is 16.6. The highest BCUT2D eigenvalue weighted by Crippen LogP contribution is 2.30. The van der Waals surface area contributed by atoms with Crippen molar-refractivity contribution < 1.29 is 0 Å². The first-order valence-electron chi connectivity index (χ1n) is 7.82. The van der Waals surface area contributed by atoms with E-state index in [9.17, 15) is 0 Å². The highest BCUT2D eigenvalue weighted by Gasteiger charge is 2.20. The maximum Gasteiger partial charge on any atom is 0.0423 e. The zero-order valence-corrected chi connectivity index (χ0v) is 14.5. The Hall–Kier alpha value is -0.540. The van der Waals surface area contributed by atoms with E-state index in [0.29, 0.717) is 12.1 Å². The van der Waals surface area contributed by atoms with E-state index < -0.39 is 0 Å². The molecule has 20 heavy (non-hydrogen) atoms. The van der Waals surface area contributed by atoms with Crippen LogP contribution in [0, 0.1) is 0 Å². The molecule has 0 aliphatic heterocycles. The van der Waals surface area contributed by atoms with Crippen molar-refractivity contribution in [1.29, 1.82) is 0 Å². The van der Waals surface area contributed by atoms with Gasteiger partial charge in [-0.05, 0) is 30.5 Å². The molecule has 1 N–H and O–H groups in total. The van der Waals surface area contributed by atoms with E-state index in [1.165, 1.54) is 47.8 Å². The molecule has 2 rings (SSSR count). The molecule has 1 fully saturated rings. The molecule has 0 bridgehead atoms. The SMILES string of the molecule is CC(C)NCc1ccc(Br)cc1N(C)C1CCCCC1. The quantitative estimate of drug-likeness (QED) is 0.835. The number of hydrogen-bond donors (Lipinski definition) is 1. The lowest BCUT2D eigenvalue weighted by Crippen LogP contribution is -2.34. The first-order chi connectivity index (χ1) is 9.58. The first kappa shape index (κ1) is 15.8. The Bertz CT molecular complexity index is 425. The number of nitrogens with one attached hydrogen (secondary N) is 1. The molecule has 1 aromatic rings. The van der Waals surface area contributed by atoms with E-state index >= 15 is 0 Å². The van der Waals surface area contributed by atoms with Gasteiger partial charge in [-0.15, -0.1) is 0 Å². The Morgan fingerprint density at radius 3 is 2.60 bits per heavy atom. The molecule has 0 atom stereocenters. The van der Waals surface area contributed by atoms with Gasteiger partial charge >= 0.3 is 0 Å². The van der Waals surface area contributed by atoms with Crippen LogP contribution in [0.15, 0.2) is 22.7 Å². The summed E-state index contributed by atoms with van der Waals surface area (Å²) in [6, 6.07) is 7.89. The van der Waals surface area contributed by atoms with Crippen molar-refractivity contribution in [3.05, 3.63) is 28.2 Å². The fourth-order valence-corrected chi connectivity index (χ4v) is 3.34. The Morgan fingerprint density at radius 1 is 1.25 bits per heavy atom. The van der Waals surface area contributed by atoms with Crippen LogP contribution in [0.4, 0.5) is 5.69 Å². The van der Waals surface area contributed by atoms with E-state index in [2.05, 4.69) is 65.2 Å². The fourth-order valence-electron chi connectivity index (χ4n) is 2.99. The average molecular weight is 339 g/mol. The van der Waals surface area contributed by atoms with Crippen LogP contribution < -0.4 is 10.2 Å². The molecule has 0 heterocycles. The molecule has 1 aromatic carbocycles. The van der Waals surface area contributed by atoms with Crippen LogP contribution in [0.25, 0.3) is 0 Å². The van der Waals surface area contributed by atoms with E-state index in [-0.39, 0.29) is 0 Å². The van der Waals surface area contributed by atoms with Crippen LogP contribution in [0.3, 0.4) is 0 Å². The van der Waals surface area contributed by atoms with Gasteiger partial charge in [-0.3, -0.25) is 0 Å². The van der Waals surface area contributed by atoms with E-state index in [4.69, 9.17) is 0 Å². The van der Waals surface area contributed by atoms with Gasteiger partial charge in [0.2, 0.25) is 0 Å². The number of halogens is 1. The maximum atomic E-state index is 3.62. The zero-order valence-electron chi connectivity index (χ0n) is 13.0. The molecular weight excluding hydrogens is 312 g/mol. The zero-order chi connectivity index (χ0) is 14.5. The van der Waals surface area contributed by atoms with Gasteiger partial charge in [0.15, 0.2) is 0 Å². The molecule has 1 aliphatic rings. The third-order valence-corrected chi connectivity index (χ3v) is 4.74. The second-order valence-corrected chi connectivity index (χ2v) is 7.13. The summed E-state index contributed by atoms with van der Waals surface area (Å²) in [5, 5.41) is 3.54. The first-order valence-corrected chi connectivity index (χ1v) is 8.62. The second-order valence-electron chi connectivity index (χ2n) is 6.21. The van der Waals surface area contributed by atoms with Crippen molar-refractivity contribution in [3.63, 3.8) is 0 Å². The lowest BCUT2D eigenvalue weighted by molar-refractivity contribution is 0.427. The lowest BCUT2D eigenvalue weighted by Gasteiger charge is -2.34. The summed E-state index contributed by atoms with van der Waals surface area (Å²) in [6.07, 6.45) is 6.83. The topological polar surface area (TPSA) is 15.3 Å². The number of benzene rings is 1. The van der Waals surface area contributed by atoms with Gasteiger partial charge in [0.25, 0.3) is 0 Å². The molecule has 0 amide bonds. The van der Waals surface area contributed by atoms with Crippen LogP contribution in [0.1, 0.15) is 51.5 Å². The molecule has 1 saturated carbocycles. The van der Waals surface area contributed by atoms with Gasteiger partial charge in [0.1, 0.15) is 0 Å². The summed E-state index contributed by atoms with van der Waals surface area (Å²) in [6.45, 7) is 5.34. The summed E-state index contributed by atoms with van der Waals surface area (Å²) < 4.78 is 1.17. The molecular formula is C17H27BrN2. The fraction of sp³-hybridized carbons (Fsp3) is 0.647. The third-order valence-electron chi connectivity index (χ3n) is 4.25. The summed E-state index contributed by atoms with van der Waals surface area (Å²) >= 11 is 3.62. The largest absolute Gasteiger partial charge is 0.371 e. The molecule has 0 saturated heterocycles. The van der Waals surface area contributed by atoms with Gasteiger partial charge < -0.3 is 10.2 Å². The van der Waals surface area contributed by atoms with Crippen molar-refractivity contribution >= 4 is 21.6 Å². The summed E-state index contributed by atoms with van der Waals surface area (Å²) in [7, 11) is 2.26. The predicted octanol–water partition coefficient (Wildman–Crippen LogP) is 4.72. The van der Waals surface area contributed by atoms with Crippen LogP contribution in [0.5, 0.6) is 0 Å². The van der Waals surface area contributed by atoms with Crippen molar-refractivity contribution in [1.82, 2.24) is 5.32 Å². The standard InChI is InChI=1S/C17H27BrN2/c1-13(2)19-12-14-9-10-15(18)11-17(14)20(3)16-7-5-4-6-8-16/h9-11,13,16,19H,4-8,12H2,1-3H3. The van der Waals surface area contributed by atoms with Crippen LogP contribution in [0.2, 0.25) is 0 Å². The second kappa shape index (κ2) is 7.46. The molecule has 3 heteroatoms. The molecule has 1 aliphatic carbocycles. The van der Waals surface area contributed by atoms with Crippen molar-refractivity contribution in [3.8, 4) is 0 Å². The van der Waals surface area contributed by atoms with Crippen LogP contribution in [-0.2, 0) is 6.54 Å². The molecule has 112 valence electrons. The number of nitrogens with zero attached hydrogens (tertiary/aromatic N) is 1. The van der Waals surface area contributed by atoms with Gasteiger partial charge in [-0.2, -0.15) is 0 Å². The number of hydrogen-bond acceptors (Lipinski definition) is 2. The average Bonchev–Trinajstić information content (AvgIpc) is 2.46. The molecule has 0 unspecified atom stereocenters. The summed E-state index contributed by atoms with van der Waals surface area (Å²) in [4.78, 5) is 2.50. The van der Waals surface area contributed by atoms with E-state index in [0.717, 1.165) is 6.54 Å². The van der Waals surface area contributed by atoms with E-state index in [1.54, 1.807) is 0 Å². The Morgan fingerprint density at radius 2 is 1.95 bits per heavy atom. The summed E-state index contributed by atoms with van der Waals surface area (Å²) in [5.41, 5.74) is 2.77. The molecule has 0 aromatic heterocycles. The lowest BCUT2D eigenvalue weighted by atomic mass is 9.94. The smallest absolute Gasteiger partial charge is 0.0423 e. The Kier molecular flexibility index (Phi) is 5.91. The minimum atomic E-state index is 0.520. The van der Waals surface area contributed by atoms with Gasteiger partial charge in [-0.25, -0.2) is 0 Å². The Balaban J connectivity index is 2.16. The predicted molar refractivity (Wildman–Crippen MR) is 91.4 cm³/mol. The van der Waals surface area contributed by atoms with Gasteiger partial charge in [0, 0.05) is 35.8 Å². The third kappa shape index (κ3) is 4.23. The molecule has 0 radical (unpaired) electrons. The van der Waals surface area contributed by atoms with E-state index in [1.807, 2.05) is 0 Å². The monoisotopic (exact) mass is 338 g/mol. The highest BCUT2D eigenvalue weighted by molar-refractivity contribution is 9.10. The minimum Gasteiger partial charge on any atom is -0.371 e. The molecule has 2 nitrogen and oxygen atoms in total. The van der Waals surface area contributed by atoms with Gasteiger partial charge in [0.05, 0.1) is 0 Å². The van der Waals surface area contributed by atoms with Crippen molar-refractivity contribution in [2.45, 2.75) is 64.6 Å². The highest BCUT2D eigenvalue weighted by atomic mass is 79.9. The van der Waals surface area contributed by atoms with Crippen LogP contribution >= 0.6 is 15.9 Å². The number of anilines is 1. The van der Waals surface area contributed by atoms with Crippen LogP contribution in [-0.4, -0.2) is 19.1 Å². The molecule has 0 spiro atoms. The number of rotatable bonds is 5. The van der Waals surface area contributed by atoms with Crippen molar-refractivity contribution in [2.75, 3.05) is 11.9 Å². The maximum absolute atomic E-state index is 3.62. The summed E-state index contributed by atoms with van der Waals surface area (Å²) in [5.74, 6) is 0. The van der Waals surface area contributed by atoms with Gasteiger partial charge in [-0.1, -0.05) is 55.1 Å².